The first-order valence-corrected chi connectivity index (χ1v) is 6.16. The molecule has 1 atom stereocenters. The van der Waals surface area contributed by atoms with Crippen LogP contribution < -0.4 is 5.73 Å². The van der Waals surface area contributed by atoms with Crippen LogP contribution in [0.1, 0.15) is 38.8 Å². The Bertz CT molecular complexity index is 348. The molecule has 0 saturated heterocycles. The molecule has 0 fully saturated rings. The van der Waals surface area contributed by atoms with Crippen molar-refractivity contribution in [1.29, 1.82) is 0 Å². The molecule has 0 aliphatic carbocycles. The van der Waals surface area contributed by atoms with E-state index in [-0.39, 0.29) is 18.0 Å². The maximum Gasteiger partial charge on any atom is 0.224 e. The molecule has 1 aromatic carbocycles. The molecule has 94 valence electrons. The highest BCUT2D eigenvalue weighted by Gasteiger charge is 2.18. The van der Waals surface area contributed by atoms with Gasteiger partial charge in [-0.15, -0.1) is 0 Å². The molecule has 0 saturated carbocycles. The second-order valence-electron chi connectivity index (χ2n) is 4.49. The quantitative estimate of drug-likeness (QED) is 0.850. The molecule has 0 aromatic heterocycles. The van der Waals surface area contributed by atoms with E-state index in [0.29, 0.717) is 6.42 Å². The average Bonchev–Trinajstić information content (AvgIpc) is 2.30. The highest BCUT2D eigenvalue weighted by molar-refractivity contribution is 5.77. The van der Waals surface area contributed by atoms with Crippen LogP contribution in [0.25, 0.3) is 0 Å². The summed E-state index contributed by atoms with van der Waals surface area (Å²) in [6.07, 6.45) is 0.371. The third-order valence-corrected chi connectivity index (χ3v) is 2.91. The minimum absolute atomic E-state index is 0.124. The van der Waals surface area contributed by atoms with Gasteiger partial charge in [-0.05, 0) is 26.3 Å². The highest BCUT2D eigenvalue weighted by atomic mass is 16.2. The summed E-state index contributed by atoms with van der Waals surface area (Å²) in [6.45, 7) is 6.77. The van der Waals surface area contributed by atoms with E-state index in [1.807, 2.05) is 56.0 Å². The fraction of sp³-hybridized carbons (Fsp3) is 0.500. The number of benzene rings is 1. The van der Waals surface area contributed by atoms with Crippen molar-refractivity contribution in [3.8, 4) is 0 Å². The molecule has 0 radical (unpaired) electrons. The molecule has 0 aliphatic rings. The van der Waals surface area contributed by atoms with Crippen LogP contribution in [0.2, 0.25) is 0 Å². The van der Waals surface area contributed by atoms with Crippen molar-refractivity contribution in [2.75, 3.05) is 6.54 Å². The highest BCUT2D eigenvalue weighted by Crippen LogP contribution is 2.15. The predicted octanol–water partition coefficient (Wildman–Crippen LogP) is 2.33. The zero-order chi connectivity index (χ0) is 12.8. The Labute approximate surface area is 104 Å². The standard InChI is InChI=1S/C14H22N2O/c1-4-16(11(2)3)14(17)10-13(15)12-8-6-5-7-9-12/h5-9,11,13H,4,10,15H2,1-3H3. The molecule has 0 heterocycles. The number of nitrogens with two attached hydrogens (primary N) is 1. The van der Waals surface area contributed by atoms with Gasteiger partial charge in [0.15, 0.2) is 0 Å². The van der Waals surface area contributed by atoms with Crippen molar-refractivity contribution >= 4 is 5.91 Å². The largest absolute Gasteiger partial charge is 0.340 e. The van der Waals surface area contributed by atoms with Gasteiger partial charge in [0.2, 0.25) is 5.91 Å². The van der Waals surface area contributed by atoms with Crippen molar-refractivity contribution in [1.82, 2.24) is 4.90 Å². The number of nitrogens with zero attached hydrogens (tertiary/aromatic N) is 1. The monoisotopic (exact) mass is 234 g/mol. The van der Waals surface area contributed by atoms with E-state index in [4.69, 9.17) is 5.73 Å². The van der Waals surface area contributed by atoms with Crippen molar-refractivity contribution in [2.45, 2.75) is 39.3 Å². The van der Waals surface area contributed by atoms with Crippen molar-refractivity contribution < 1.29 is 4.79 Å². The molecule has 3 heteroatoms. The normalized spacial score (nSPS) is 12.5. The molecule has 1 unspecified atom stereocenters. The van der Waals surface area contributed by atoms with Gasteiger partial charge in [-0.3, -0.25) is 4.79 Å². The number of amides is 1. The van der Waals surface area contributed by atoms with Crippen LogP contribution in [0.3, 0.4) is 0 Å². The topological polar surface area (TPSA) is 46.3 Å². The Hall–Kier alpha value is -1.35. The van der Waals surface area contributed by atoms with Crippen molar-refractivity contribution in [3.05, 3.63) is 35.9 Å². The molecular formula is C14H22N2O. The summed E-state index contributed by atoms with van der Waals surface area (Å²) in [5.74, 6) is 0.124. The third kappa shape index (κ3) is 3.86. The summed E-state index contributed by atoms with van der Waals surface area (Å²) in [7, 11) is 0. The second-order valence-corrected chi connectivity index (χ2v) is 4.49. The van der Waals surface area contributed by atoms with Crippen LogP contribution in [0.4, 0.5) is 0 Å². The number of carbonyl (C=O) groups is 1. The summed E-state index contributed by atoms with van der Waals surface area (Å²) in [4.78, 5) is 13.9. The molecule has 1 amide bonds. The lowest BCUT2D eigenvalue weighted by molar-refractivity contribution is -0.133. The summed E-state index contributed by atoms with van der Waals surface area (Å²) >= 11 is 0. The lowest BCUT2D eigenvalue weighted by Gasteiger charge is -2.26. The number of rotatable bonds is 5. The SMILES string of the molecule is CCN(C(=O)CC(N)c1ccccc1)C(C)C. The molecule has 0 bridgehead atoms. The fourth-order valence-corrected chi connectivity index (χ4v) is 1.95. The van der Waals surface area contributed by atoms with E-state index in [9.17, 15) is 4.79 Å². The molecule has 0 spiro atoms. The van der Waals surface area contributed by atoms with Crippen LogP contribution in [0.5, 0.6) is 0 Å². The first kappa shape index (κ1) is 13.7. The zero-order valence-corrected chi connectivity index (χ0v) is 10.9. The van der Waals surface area contributed by atoms with Gasteiger partial charge in [0.25, 0.3) is 0 Å². The maximum absolute atomic E-state index is 12.0. The predicted molar refractivity (Wildman–Crippen MR) is 70.5 cm³/mol. The summed E-state index contributed by atoms with van der Waals surface area (Å²) in [5, 5.41) is 0. The summed E-state index contributed by atoms with van der Waals surface area (Å²) in [5.41, 5.74) is 7.06. The van der Waals surface area contributed by atoms with E-state index >= 15 is 0 Å². The number of hydrogen-bond donors (Lipinski definition) is 1. The van der Waals surface area contributed by atoms with Gasteiger partial charge in [0, 0.05) is 25.0 Å². The van der Waals surface area contributed by atoms with E-state index in [0.717, 1.165) is 12.1 Å². The van der Waals surface area contributed by atoms with Gasteiger partial charge in [0.1, 0.15) is 0 Å². The smallest absolute Gasteiger partial charge is 0.224 e. The first-order chi connectivity index (χ1) is 8.06. The van der Waals surface area contributed by atoms with Gasteiger partial charge in [0.05, 0.1) is 0 Å². The van der Waals surface area contributed by atoms with Crippen LogP contribution in [-0.2, 0) is 4.79 Å². The molecule has 2 N–H and O–H groups in total. The zero-order valence-electron chi connectivity index (χ0n) is 10.9. The summed E-state index contributed by atoms with van der Waals surface area (Å²) < 4.78 is 0. The van der Waals surface area contributed by atoms with Crippen LogP contribution in [0.15, 0.2) is 30.3 Å². The lowest BCUT2D eigenvalue weighted by Crippen LogP contribution is -2.38. The van der Waals surface area contributed by atoms with Gasteiger partial charge in [-0.2, -0.15) is 0 Å². The molecule has 0 aliphatic heterocycles. The van der Waals surface area contributed by atoms with Gasteiger partial charge in [-0.1, -0.05) is 30.3 Å². The molecule has 3 nitrogen and oxygen atoms in total. The van der Waals surface area contributed by atoms with E-state index in [1.165, 1.54) is 0 Å². The van der Waals surface area contributed by atoms with Crippen LogP contribution >= 0.6 is 0 Å². The minimum atomic E-state index is -0.212. The molecule has 1 aromatic rings. The molecular weight excluding hydrogens is 212 g/mol. The Morgan fingerprint density at radius 2 is 1.88 bits per heavy atom. The van der Waals surface area contributed by atoms with Crippen molar-refractivity contribution in [3.63, 3.8) is 0 Å². The Balaban J connectivity index is 2.63. The van der Waals surface area contributed by atoms with Crippen LogP contribution in [0, 0.1) is 0 Å². The number of carbonyl (C=O) groups excluding carboxylic acids is 1. The fourth-order valence-electron chi connectivity index (χ4n) is 1.95. The van der Waals surface area contributed by atoms with Crippen molar-refractivity contribution in [2.24, 2.45) is 5.73 Å². The Morgan fingerprint density at radius 3 is 2.35 bits per heavy atom. The average molecular weight is 234 g/mol. The van der Waals surface area contributed by atoms with Gasteiger partial charge in [-0.25, -0.2) is 0 Å². The minimum Gasteiger partial charge on any atom is -0.340 e. The third-order valence-electron chi connectivity index (χ3n) is 2.91. The molecule has 1 rings (SSSR count). The van der Waals surface area contributed by atoms with E-state index in [1.54, 1.807) is 0 Å². The Kier molecular flexibility index (Phi) is 5.16. The Morgan fingerprint density at radius 1 is 1.29 bits per heavy atom. The first-order valence-electron chi connectivity index (χ1n) is 6.16. The van der Waals surface area contributed by atoms with Crippen LogP contribution in [-0.4, -0.2) is 23.4 Å². The van der Waals surface area contributed by atoms with E-state index in [2.05, 4.69) is 0 Å². The van der Waals surface area contributed by atoms with Gasteiger partial charge < -0.3 is 10.6 Å². The molecule has 17 heavy (non-hydrogen) atoms. The summed E-state index contributed by atoms with van der Waals surface area (Å²) in [6, 6.07) is 9.78. The lowest BCUT2D eigenvalue weighted by atomic mass is 10.0. The van der Waals surface area contributed by atoms with Gasteiger partial charge >= 0.3 is 0 Å². The maximum atomic E-state index is 12.0. The second kappa shape index (κ2) is 6.40. The number of hydrogen-bond acceptors (Lipinski definition) is 2. The van der Waals surface area contributed by atoms with E-state index < -0.39 is 0 Å².